The maximum atomic E-state index is 12.5. The lowest BCUT2D eigenvalue weighted by Gasteiger charge is -2.37. The molecular formula is C11H16F6N2O. The van der Waals surface area contributed by atoms with Gasteiger partial charge in [-0.1, -0.05) is 0 Å². The first kappa shape index (κ1) is 17.1. The predicted octanol–water partition coefficient (Wildman–Crippen LogP) is 2.31. The molecule has 1 saturated heterocycles. The molecule has 0 radical (unpaired) electrons. The zero-order valence-corrected chi connectivity index (χ0v) is 10.8. The molecule has 0 aromatic rings. The summed E-state index contributed by atoms with van der Waals surface area (Å²) < 4.78 is 74.9. The van der Waals surface area contributed by atoms with Crippen LogP contribution < -0.4 is 5.73 Å². The first-order chi connectivity index (χ1) is 8.94. The van der Waals surface area contributed by atoms with Crippen LogP contribution in [0.15, 0.2) is 0 Å². The fourth-order valence-corrected chi connectivity index (χ4v) is 2.29. The fourth-order valence-electron chi connectivity index (χ4n) is 2.29. The highest BCUT2D eigenvalue weighted by Crippen LogP contribution is 2.41. The molecule has 1 amide bonds. The van der Waals surface area contributed by atoms with Crippen molar-refractivity contribution in [1.82, 2.24) is 4.90 Å². The van der Waals surface area contributed by atoms with Crippen LogP contribution in [-0.2, 0) is 4.79 Å². The van der Waals surface area contributed by atoms with Crippen molar-refractivity contribution in [3.63, 3.8) is 0 Å². The second kappa shape index (κ2) is 5.79. The molecule has 1 fully saturated rings. The number of piperidine rings is 1. The van der Waals surface area contributed by atoms with Crippen molar-refractivity contribution in [3.8, 4) is 0 Å². The van der Waals surface area contributed by atoms with Crippen LogP contribution in [0.3, 0.4) is 0 Å². The number of alkyl halides is 6. The molecule has 0 aromatic heterocycles. The lowest BCUT2D eigenvalue weighted by molar-refractivity contribution is -0.278. The number of nitrogens with two attached hydrogens (primary N) is 1. The number of nitrogens with zero attached hydrogens (tertiary/aromatic N) is 1. The summed E-state index contributed by atoms with van der Waals surface area (Å²) >= 11 is 0. The Bertz CT molecular complexity index is 338. The second-order valence-corrected chi connectivity index (χ2v) is 5.06. The normalized spacial score (nSPS) is 23.1. The minimum absolute atomic E-state index is 0.106. The lowest BCUT2D eigenvalue weighted by Crippen LogP contribution is -2.53. The summed E-state index contributed by atoms with van der Waals surface area (Å²) in [6, 6.07) is -0.388. The molecule has 3 nitrogen and oxygen atoms in total. The molecule has 0 aromatic carbocycles. The molecule has 2 unspecified atom stereocenters. The summed E-state index contributed by atoms with van der Waals surface area (Å²) in [5, 5.41) is 0. The number of carbonyl (C=O) groups is 1. The van der Waals surface area contributed by atoms with Gasteiger partial charge in [-0.25, -0.2) is 0 Å². The van der Waals surface area contributed by atoms with Crippen molar-refractivity contribution in [1.29, 1.82) is 0 Å². The maximum Gasteiger partial charge on any atom is 0.409 e. The molecule has 1 heterocycles. The van der Waals surface area contributed by atoms with Gasteiger partial charge in [0.15, 0.2) is 0 Å². The third-order valence-corrected chi connectivity index (χ3v) is 3.41. The Morgan fingerprint density at radius 3 is 2.10 bits per heavy atom. The van der Waals surface area contributed by atoms with Gasteiger partial charge >= 0.3 is 12.4 Å². The number of hydrogen-bond acceptors (Lipinski definition) is 2. The number of amides is 1. The zero-order valence-electron chi connectivity index (χ0n) is 10.8. The first-order valence-electron chi connectivity index (χ1n) is 6.12. The van der Waals surface area contributed by atoms with Gasteiger partial charge in [0.25, 0.3) is 0 Å². The molecule has 9 heteroatoms. The van der Waals surface area contributed by atoms with Crippen LogP contribution >= 0.6 is 0 Å². The molecule has 1 aliphatic heterocycles. The van der Waals surface area contributed by atoms with Gasteiger partial charge in [-0.2, -0.15) is 26.3 Å². The van der Waals surface area contributed by atoms with Crippen LogP contribution in [0.2, 0.25) is 0 Å². The van der Waals surface area contributed by atoms with Gasteiger partial charge < -0.3 is 10.6 Å². The van der Waals surface area contributed by atoms with Crippen molar-refractivity contribution in [2.45, 2.75) is 38.2 Å². The Labute approximate surface area is 112 Å². The molecule has 1 aliphatic rings. The molecule has 0 spiro atoms. The van der Waals surface area contributed by atoms with Crippen LogP contribution in [0.1, 0.15) is 19.8 Å². The minimum Gasteiger partial charge on any atom is -0.342 e. The minimum atomic E-state index is -5.64. The Hall–Kier alpha value is -0.990. The quantitative estimate of drug-likeness (QED) is 0.796. The van der Waals surface area contributed by atoms with Crippen LogP contribution in [0.4, 0.5) is 26.3 Å². The summed E-state index contributed by atoms with van der Waals surface area (Å²) in [4.78, 5) is 12.2. The van der Waals surface area contributed by atoms with Crippen molar-refractivity contribution in [3.05, 3.63) is 0 Å². The van der Waals surface area contributed by atoms with Crippen molar-refractivity contribution in [2.75, 3.05) is 13.1 Å². The number of likely N-dealkylation sites (tertiary alicyclic amines) is 1. The average molecular weight is 306 g/mol. The van der Waals surface area contributed by atoms with Gasteiger partial charge in [0, 0.05) is 19.1 Å². The van der Waals surface area contributed by atoms with Gasteiger partial charge in [0.2, 0.25) is 11.8 Å². The summed E-state index contributed by atoms with van der Waals surface area (Å²) in [5.41, 5.74) is 5.59. The first-order valence-corrected chi connectivity index (χ1v) is 6.12. The Balaban J connectivity index is 2.90. The molecule has 20 heavy (non-hydrogen) atoms. The van der Waals surface area contributed by atoms with Gasteiger partial charge in [-0.15, -0.1) is 0 Å². The van der Waals surface area contributed by atoms with E-state index in [1.807, 2.05) is 0 Å². The number of carbonyl (C=O) groups excluding carboxylic acids is 1. The second-order valence-electron chi connectivity index (χ2n) is 5.06. The average Bonchev–Trinajstić information content (AvgIpc) is 2.25. The maximum absolute atomic E-state index is 12.5. The van der Waals surface area contributed by atoms with Crippen LogP contribution in [0.25, 0.3) is 0 Å². The van der Waals surface area contributed by atoms with E-state index < -0.39 is 24.2 Å². The molecule has 118 valence electrons. The highest BCUT2D eigenvalue weighted by Gasteiger charge is 2.62. The number of halogens is 6. The highest BCUT2D eigenvalue weighted by molar-refractivity contribution is 5.80. The van der Waals surface area contributed by atoms with Crippen LogP contribution in [0, 0.1) is 11.8 Å². The predicted molar refractivity (Wildman–Crippen MR) is 58.6 cm³/mol. The Kier molecular flexibility index (Phi) is 4.94. The van der Waals surface area contributed by atoms with E-state index in [2.05, 4.69) is 0 Å². The van der Waals surface area contributed by atoms with E-state index in [-0.39, 0.29) is 25.0 Å². The smallest absolute Gasteiger partial charge is 0.342 e. The van der Waals surface area contributed by atoms with E-state index in [9.17, 15) is 31.1 Å². The SMILES string of the molecule is CC(N)C1CCCN(C(=O)C(C(F)(F)F)C(F)(F)F)C1. The topological polar surface area (TPSA) is 46.3 Å². The standard InChI is InChI=1S/C11H16F6N2O/c1-6(18)7-3-2-4-19(5-7)9(20)8(10(12,13)14)11(15,16)17/h6-8H,2-5,18H2,1H3. The third kappa shape index (κ3) is 4.00. The molecule has 0 bridgehead atoms. The van der Waals surface area contributed by atoms with E-state index in [1.54, 1.807) is 6.92 Å². The monoisotopic (exact) mass is 306 g/mol. The van der Waals surface area contributed by atoms with Gasteiger partial charge in [0.1, 0.15) is 0 Å². The van der Waals surface area contributed by atoms with E-state index >= 15 is 0 Å². The summed E-state index contributed by atoms with van der Waals surface area (Å²) in [7, 11) is 0. The van der Waals surface area contributed by atoms with E-state index in [1.165, 1.54) is 0 Å². The van der Waals surface area contributed by atoms with Crippen molar-refractivity contribution in [2.24, 2.45) is 17.6 Å². The molecule has 1 rings (SSSR count). The molecule has 2 N–H and O–H groups in total. The van der Waals surface area contributed by atoms with Crippen LogP contribution in [0.5, 0.6) is 0 Å². The summed E-state index contributed by atoms with van der Waals surface area (Å²) in [5.74, 6) is -6.17. The fraction of sp³-hybridized carbons (Fsp3) is 0.909. The van der Waals surface area contributed by atoms with E-state index in [0.717, 1.165) is 0 Å². The highest BCUT2D eigenvalue weighted by atomic mass is 19.4. The van der Waals surface area contributed by atoms with Gasteiger partial charge in [-0.3, -0.25) is 4.79 Å². The number of hydrogen-bond donors (Lipinski definition) is 1. The van der Waals surface area contributed by atoms with Crippen molar-refractivity contribution < 1.29 is 31.1 Å². The van der Waals surface area contributed by atoms with Gasteiger partial charge in [0.05, 0.1) is 0 Å². The molecular weight excluding hydrogens is 290 g/mol. The summed E-state index contributed by atoms with van der Waals surface area (Å²) in [6.45, 7) is 1.34. The lowest BCUT2D eigenvalue weighted by atomic mass is 9.91. The van der Waals surface area contributed by atoms with E-state index in [0.29, 0.717) is 17.7 Å². The van der Waals surface area contributed by atoms with Crippen molar-refractivity contribution >= 4 is 5.91 Å². The molecule has 0 saturated carbocycles. The summed E-state index contributed by atoms with van der Waals surface area (Å²) in [6.07, 6.45) is -10.3. The largest absolute Gasteiger partial charge is 0.409 e. The molecule has 0 aliphatic carbocycles. The van der Waals surface area contributed by atoms with Crippen LogP contribution in [-0.4, -0.2) is 42.3 Å². The van der Waals surface area contributed by atoms with Gasteiger partial charge in [-0.05, 0) is 25.7 Å². The Morgan fingerprint density at radius 2 is 1.70 bits per heavy atom. The van der Waals surface area contributed by atoms with E-state index in [4.69, 9.17) is 5.73 Å². The molecule has 2 atom stereocenters. The third-order valence-electron chi connectivity index (χ3n) is 3.41. The zero-order chi connectivity index (χ0) is 15.7. The number of rotatable bonds is 2. The Morgan fingerprint density at radius 1 is 1.20 bits per heavy atom.